The van der Waals surface area contributed by atoms with Gasteiger partial charge in [0.25, 0.3) is 0 Å². The number of aliphatic hydroxyl groups is 1. The largest absolute Gasteiger partial charge is 0.497 e. The number of amides is 3. The van der Waals surface area contributed by atoms with E-state index in [4.69, 9.17) is 9.47 Å². The summed E-state index contributed by atoms with van der Waals surface area (Å²) in [5, 5.41) is 12.6. The number of fused-ring (bicyclic) bond motifs is 1. The lowest BCUT2D eigenvalue weighted by molar-refractivity contribution is -0.134. The summed E-state index contributed by atoms with van der Waals surface area (Å²) in [5.41, 5.74) is 1.42. The van der Waals surface area contributed by atoms with E-state index in [2.05, 4.69) is 10.0 Å². The van der Waals surface area contributed by atoms with Crippen LogP contribution in [0.3, 0.4) is 0 Å². The highest BCUT2D eigenvalue weighted by Crippen LogP contribution is 2.29. The zero-order valence-electron chi connectivity index (χ0n) is 22.3. The predicted molar refractivity (Wildman–Crippen MR) is 145 cm³/mol. The molecule has 208 valence electrons. The first kappa shape index (κ1) is 29.1. The second kappa shape index (κ2) is 12.4. The first-order chi connectivity index (χ1) is 17.9. The smallest absolute Gasteiger partial charge is 0.321 e. The Morgan fingerprint density at radius 2 is 1.89 bits per heavy atom. The van der Waals surface area contributed by atoms with E-state index in [9.17, 15) is 23.1 Å². The van der Waals surface area contributed by atoms with Gasteiger partial charge in [-0.2, -0.15) is 0 Å². The number of rotatable bonds is 8. The number of carbonyl (C=O) groups excluding carboxylic acids is 2. The summed E-state index contributed by atoms with van der Waals surface area (Å²) in [4.78, 5) is 29.3. The van der Waals surface area contributed by atoms with Crippen molar-refractivity contribution in [3.8, 4) is 11.5 Å². The van der Waals surface area contributed by atoms with Crippen molar-refractivity contribution in [3.63, 3.8) is 0 Å². The van der Waals surface area contributed by atoms with Crippen LogP contribution in [-0.4, -0.2) is 87.5 Å². The van der Waals surface area contributed by atoms with Gasteiger partial charge in [-0.25, -0.2) is 13.2 Å². The Bertz CT molecular complexity index is 1240. The zero-order chi connectivity index (χ0) is 28.0. The summed E-state index contributed by atoms with van der Waals surface area (Å²) in [6.45, 7) is 3.99. The number of methoxy groups -OCH3 is 1. The minimum Gasteiger partial charge on any atom is -0.497 e. The third kappa shape index (κ3) is 7.75. The van der Waals surface area contributed by atoms with E-state index in [-0.39, 0.29) is 37.4 Å². The van der Waals surface area contributed by atoms with E-state index < -0.39 is 22.2 Å². The molecule has 0 radical (unpaired) electrons. The molecule has 1 aliphatic heterocycles. The molecule has 0 fully saturated rings. The molecule has 0 spiro atoms. The topological polar surface area (TPSA) is 138 Å². The van der Waals surface area contributed by atoms with Crippen LogP contribution < -0.4 is 19.5 Å². The number of likely N-dealkylation sites (N-methyl/N-ethyl adjacent to an activating group) is 1. The third-order valence-corrected chi connectivity index (χ3v) is 6.97. The van der Waals surface area contributed by atoms with E-state index in [1.54, 1.807) is 68.4 Å². The van der Waals surface area contributed by atoms with Crippen LogP contribution in [0, 0.1) is 5.92 Å². The van der Waals surface area contributed by atoms with Gasteiger partial charge in [0.15, 0.2) is 0 Å². The molecule has 1 heterocycles. The SMILES string of the molecule is COc1ccc(NC(=O)N(C)C[C@@H]2Oc3ccc(NS(C)(=O)=O)cc3CC(=O)N([C@@H](C)CO)C[C@@H]2C)cc1. The maximum Gasteiger partial charge on any atom is 0.321 e. The highest BCUT2D eigenvalue weighted by molar-refractivity contribution is 7.92. The maximum absolute atomic E-state index is 13.2. The lowest BCUT2D eigenvalue weighted by Gasteiger charge is -2.34. The number of aliphatic hydroxyl groups excluding tert-OH is 1. The number of hydrogen-bond donors (Lipinski definition) is 3. The summed E-state index contributed by atoms with van der Waals surface area (Å²) in [6, 6.07) is 11.0. The molecular formula is C26H36N4O7S. The molecule has 3 N–H and O–H groups in total. The van der Waals surface area contributed by atoms with Gasteiger partial charge < -0.3 is 29.7 Å². The van der Waals surface area contributed by atoms with Crippen LogP contribution in [0.15, 0.2) is 42.5 Å². The number of ether oxygens (including phenoxy) is 2. The van der Waals surface area contributed by atoms with Gasteiger partial charge in [0.05, 0.1) is 39.0 Å². The minimum absolute atomic E-state index is 0.0355. The first-order valence-corrected chi connectivity index (χ1v) is 14.1. The average Bonchev–Trinajstić information content (AvgIpc) is 2.90. The molecule has 2 aromatic rings. The molecule has 3 atom stereocenters. The summed E-state index contributed by atoms with van der Waals surface area (Å²) in [6.07, 6.45) is 0.506. The molecule has 1 aliphatic rings. The van der Waals surface area contributed by atoms with Gasteiger partial charge in [-0.15, -0.1) is 0 Å². The Kier molecular flexibility index (Phi) is 9.45. The van der Waals surface area contributed by atoms with Gasteiger partial charge in [-0.1, -0.05) is 6.92 Å². The quantitative estimate of drug-likeness (QED) is 0.461. The van der Waals surface area contributed by atoms with Gasteiger partial charge in [-0.3, -0.25) is 9.52 Å². The molecule has 11 nitrogen and oxygen atoms in total. The highest BCUT2D eigenvalue weighted by atomic mass is 32.2. The number of nitrogens with one attached hydrogen (secondary N) is 2. The molecule has 12 heteroatoms. The van der Waals surface area contributed by atoms with Crippen LogP contribution in [0.1, 0.15) is 19.4 Å². The van der Waals surface area contributed by atoms with Crippen LogP contribution in [0.25, 0.3) is 0 Å². The molecule has 0 unspecified atom stereocenters. The summed E-state index contributed by atoms with van der Waals surface area (Å²) in [5.74, 6) is 0.681. The molecule has 2 aromatic carbocycles. The summed E-state index contributed by atoms with van der Waals surface area (Å²) in [7, 11) is -0.301. The van der Waals surface area contributed by atoms with Crippen molar-refractivity contribution in [1.29, 1.82) is 0 Å². The predicted octanol–water partition coefficient (Wildman–Crippen LogP) is 2.38. The summed E-state index contributed by atoms with van der Waals surface area (Å²) >= 11 is 0. The van der Waals surface area contributed by atoms with Gasteiger partial charge >= 0.3 is 6.03 Å². The van der Waals surface area contributed by atoms with Gasteiger partial charge in [0.2, 0.25) is 15.9 Å². The second-order valence-electron chi connectivity index (χ2n) is 9.62. The van der Waals surface area contributed by atoms with Crippen molar-refractivity contribution in [2.45, 2.75) is 32.4 Å². The van der Waals surface area contributed by atoms with Crippen LogP contribution in [-0.2, 0) is 21.2 Å². The number of sulfonamides is 1. The maximum atomic E-state index is 13.2. The molecule has 0 bridgehead atoms. The number of urea groups is 1. The number of hydrogen-bond acceptors (Lipinski definition) is 7. The number of carbonyl (C=O) groups is 2. The molecule has 38 heavy (non-hydrogen) atoms. The fourth-order valence-corrected chi connectivity index (χ4v) is 4.73. The van der Waals surface area contributed by atoms with Crippen molar-refractivity contribution >= 4 is 33.3 Å². The van der Waals surface area contributed by atoms with Crippen LogP contribution >= 0.6 is 0 Å². The fourth-order valence-electron chi connectivity index (χ4n) is 4.17. The second-order valence-corrected chi connectivity index (χ2v) is 11.4. The highest BCUT2D eigenvalue weighted by Gasteiger charge is 2.32. The molecular weight excluding hydrogens is 512 g/mol. The number of benzene rings is 2. The van der Waals surface area contributed by atoms with Crippen molar-refractivity contribution < 1.29 is 32.6 Å². The molecule has 0 saturated carbocycles. The summed E-state index contributed by atoms with van der Waals surface area (Å²) < 4.78 is 37.4. The standard InChI is InChI=1S/C26H36N4O7S/c1-17-14-30(18(2)16-31)25(32)13-19-12-21(28-38(5,34)35)8-11-23(19)37-24(17)15-29(3)26(33)27-20-6-9-22(36-4)10-7-20/h6-12,17-18,24,28,31H,13-16H2,1-5H3,(H,27,33)/t17-,18-,24-/m0/s1. The Balaban J connectivity index is 1.87. The van der Waals surface area contributed by atoms with Crippen LogP contribution in [0.5, 0.6) is 11.5 Å². The Labute approximate surface area is 223 Å². The molecule has 3 amide bonds. The Hall–Kier alpha value is -3.51. The van der Waals surface area contributed by atoms with Gasteiger partial charge in [0.1, 0.15) is 17.6 Å². The van der Waals surface area contributed by atoms with E-state index in [0.29, 0.717) is 35.0 Å². The average molecular weight is 549 g/mol. The Morgan fingerprint density at radius 3 is 2.50 bits per heavy atom. The van der Waals surface area contributed by atoms with Crippen molar-refractivity contribution in [2.24, 2.45) is 5.92 Å². The van der Waals surface area contributed by atoms with Crippen molar-refractivity contribution in [1.82, 2.24) is 9.80 Å². The number of anilines is 2. The minimum atomic E-state index is -3.52. The fraction of sp³-hybridized carbons (Fsp3) is 0.462. The van der Waals surface area contributed by atoms with Crippen molar-refractivity contribution in [3.05, 3.63) is 48.0 Å². The van der Waals surface area contributed by atoms with E-state index in [1.165, 1.54) is 4.90 Å². The molecule has 0 aliphatic carbocycles. The zero-order valence-corrected chi connectivity index (χ0v) is 23.1. The van der Waals surface area contributed by atoms with Gasteiger partial charge in [-0.05, 0) is 49.4 Å². The molecule has 0 saturated heterocycles. The lowest BCUT2D eigenvalue weighted by atomic mass is 10.0. The van der Waals surface area contributed by atoms with E-state index in [1.807, 2.05) is 6.92 Å². The monoisotopic (exact) mass is 548 g/mol. The van der Waals surface area contributed by atoms with Gasteiger partial charge in [0, 0.05) is 36.4 Å². The Morgan fingerprint density at radius 1 is 1.24 bits per heavy atom. The van der Waals surface area contributed by atoms with E-state index >= 15 is 0 Å². The lowest BCUT2D eigenvalue weighted by Crippen LogP contribution is -2.48. The first-order valence-electron chi connectivity index (χ1n) is 12.2. The number of nitrogens with zero attached hydrogens (tertiary/aromatic N) is 2. The molecule has 3 rings (SSSR count). The third-order valence-electron chi connectivity index (χ3n) is 6.36. The molecule has 0 aromatic heterocycles. The van der Waals surface area contributed by atoms with Crippen molar-refractivity contribution in [2.75, 3.05) is 50.1 Å². The van der Waals surface area contributed by atoms with Crippen LogP contribution in [0.4, 0.5) is 16.2 Å². The van der Waals surface area contributed by atoms with E-state index in [0.717, 1.165) is 6.26 Å². The van der Waals surface area contributed by atoms with Crippen LogP contribution in [0.2, 0.25) is 0 Å². The normalized spacial score (nSPS) is 18.7.